The van der Waals surface area contributed by atoms with Gasteiger partial charge in [0.15, 0.2) is 5.75 Å². The van der Waals surface area contributed by atoms with Gasteiger partial charge in [0.25, 0.3) is 0 Å². The fourth-order valence-corrected chi connectivity index (χ4v) is 5.00. The molecule has 3 heterocycles. The zero-order chi connectivity index (χ0) is 22.3. The van der Waals surface area contributed by atoms with Crippen LogP contribution in [-0.2, 0) is 11.2 Å². The number of urea groups is 1. The average molecular weight is 434 g/mol. The summed E-state index contributed by atoms with van der Waals surface area (Å²) in [4.78, 5) is 17.9. The minimum atomic E-state index is -0.451. The van der Waals surface area contributed by atoms with E-state index in [9.17, 15) is 4.79 Å². The molecule has 32 heavy (non-hydrogen) atoms. The molecule has 1 spiro atoms. The van der Waals surface area contributed by atoms with Gasteiger partial charge in [0.05, 0.1) is 7.11 Å². The van der Waals surface area contributed by atoms with Gasteiger partial charge in [0.2, 0.25) is 0 Å². The van der Waals surface area contributed by atoms with Crippen molar-refractivity contribution in [3.63, 3.8) is 0 Å². The molecule has 1 aromatic heterocycles. The van der Waals surface area contributed by atoms with Gasteiger partial charge in [-0.25, -0.2) is 4.79 Å². The number of methoxy groups -OCH3 is 1. The number of carbonyl (C=O) groups is 1. The predicted octanol–water partition coefficient (Wildman–Crippen LogP) is 4.12. The minimum Gasteiger partial charge on any atom is -0.494 e. The standard InChI is InChI=1S/C25H27N3O4/c1-3-31-21-15-25(10-12-28(21)24(26)29)14-18-13-17(7-9-20(18)32-25)19-8-6-16-5-4-11-27-22(16)23(19)30-2/h4-9,11,13,21H,3,10,12,14-15H2,1-2H3,(H2,26,29). The number of nitrogens with zero attached hydrogens (tertiary/aromatic N) is 2. The molecule has 2 unspecified atom stereocenters. The average Bonchev–Trinajstić information content (AvgIpc) is 3.14. The van der Waals surface area contributed by atoms with Gasteiger partial charge in [0.1, 0.15) is 23.1 Å². The molecular formula is C25H27N3O4. The van der Waals surface area contributed by atoms with Gasteiger partial charge >= 0.3 is 6.03 Å². The van der Waals surface area contributed by atoms with E-state index in [0.29, 0.717) is 26.0 Å². The van der Waals surface area contributed by atoms with Crippen LogP contribution in [0.25, 0.3) is 22.0 Å². The Morgan fingerprint density at radius 2 is 2.19 bits per heavy atom. The molecule has 2 N–H and O–H groups in total. The highest BCUT2D eigenvalue weighted by Gasteiger charge is 2.47. The lowest BCUT2D eigenvalue weighted by Gasteiger charge is -2.43. The summed E-state index contributed by atoms with van der Waals surface area (Å²) in [7, 11) is 1.68. The van der Waals surface area contributed by atoms with Crippen LogP contribution in [-0.4, -0.2) is 48.0 Å². The van der Waals surface area contributed by atoms with Crippen molar-refractivity contribution in [3.05, 3.63) is 54.2 Å². The Balaban J connectivity index is 1.46. The van der Waals surface area contributed by atoms with Crippen LogP contribution in [0, 0.1) is 0 Å². The number of nitrogens with two attached hydrogens (primary N) is 1. The van der Waals surface area contributed by atoms with Crippen molar-refractivity contribution in [2.45, 2.75) is 38.0 Å². The van der Waals surface area contributed by atoms with Crippen LogP contribution >= 0.6 is 0 Å². The molecule has 0 radical (unpaired) electrons. The fraction of sp³-hybridized carbons (Fsp3) is 0.360. The Morgan fingerprint density at radius 1 is 1.31 bits per heavy atom. The van der Waals surface area contributed by atoms with Gasteiger partial charge in [-0.2, -0.15) is 0 Å². The maximum absolute atomic E-state index is 11.8. The van der Waals surface area contributed by atoms with Crippen molar-refractivity contribution < 1.29 is 19.0 Å². The first kappa shape index (κ1) is 20.6. The lowest BCUT2D eigenvalue weighted by Crippen LogP contribution is -2.56. The van der Waals surface area contributed by atoms with Gasteiger partial charge in [0, 0.05) is 49.6 Å². The van der Waals surface area contributed by atoms with E-state index >= 15 is 0 Å². The summed E-state index contributed by atoms with van der Waals surface area (Å²) in [5.74, 6) is 1.65. The van der Waals surface area contributed by atoms with Crippen molar-refractivity contribution >= 4 is 16.9 Å². The number of piperidine rings is 1. The first-order chi connectivity index (χ1) is 15.5. The van der Waals surface area contributed by atoms with E-state index in [4.69, 9.17) is 19.9 Å². The Kier molecular flexibility index (Phi) is 5.13. The minimum absolute atomic E-state index is 0.369. The van der Waals surface area contributed by atoms with E-state index < -0.39 is 6.03 Å². The number of aromatic nitrogens is 1. The molecule has 5 rings (SSSR count). The van der Waals surface area contributed by atoms with Gasteiger partial charge in [-0.3, -0.25) is 9.88 Å². The second-order valence-electron chi connectivity index (χ2n) is 8.40. The maximum atomic E-state index is 11.8. The zero-order valence-electron chi connectivity index (χ0n) is 18.3. The molecule has 1 saturated heterocycles. The lowest BCUT2D eigenvalue weighted by atomic mass is 9.85. The summed E-state index contributed by atoms with van der Waals surface area (Å²) in [5.41, 5.74) is 9.22. The topological polar surface area (TPSA) is 86.9 Å². The van der Waals surface area contributed by atoms with Crippen LogP contribution in [0.15, 0.2) is 48.7 Å². The number of hydrogen-bond donors (Lipinski definition) is 1. The number of likely N-dealkylation sites (tertiary alicyclic amines) is 1. The number of fused-ring (bicyclic) bond motifs is 2. The molecule has 3 aromatic rings. The first-order valence-corrected chi connectivity index (χ1v) is 11.0. The van der Waals surface area contributed by atoms with E-state index in [-0.39, 0.29) is 11.8 Å². The fourth-order valence-electron chi connectivity index (χ4n) is 5.00. The van der Waals surface area contributed by atoms with Crippen molar-refractivity contribution in [2.24, 2.45) is 5.73 Å². The van der Waals surface area contributed by atoms with Crippen LogP contribution in [0.2, 0.25) is 0 Å². The number of pyridine rings is 1. The van der Waals surface area contributed by atoms with Crippen LogP contribution in [0.1, 0.15) is 25.3 Å². The number of amides is 2. The third-order valence-electron chi connectivity index (χ3n) is 6.49. The van der Waals surface area contributed by atoms with Crippen LogP contribution < -0.4 is 15.2 Å². The van der Waals surface area contributed by atoms with Gasteiger partial charge in [-0.1, -0.05) is 18.2 Å². The molecule has 0 bridgehead atoms. The summed E-state index contributed by atoms with van der Waals surface area (Å²) < 4.78 is 18.0. The SMILES string of the molecule is CCOC1CC2(CCN1C(N)=O)Cc1cc(-c3ccc4cccnc4c3OC)ccc1O2. The second kappa shape index (κ2) is 7.98. The quantitative estimate of drug-likeness (QED) is 0.669. The number of benzene rings is 2. The molecule has 2 amide bonds. The van der Waals surface area contributed by atoms with Crippen molar-refractivity contribution in [3.8, 4) is 22.6 Å². The normalized spacial score (nSPS) is 22.1. The van der Waals surface area contributed by atoms with E-state index in [1.165, 1.54) is 0 Å². The smallest absolute Gasteiger partial charge is 0.316 e. The summed E-state index contributed by atoms with van der Waals surface area (Å²) in [5, 5.41) is 1.04. The zero-order valence-corrected chi connectivity index (χ0v) is 18.3. The van der Waals surface area contributed by atoms with Crippen LogP contribution in [0.4, 0.5) is 4.79 Å². The third kappa shape index (κ3) is 3.42. The molecular weight excluding hydrogens is 406 g/mol. The van der Waals surface area contributed by atoms with Crippen molar-refractivity contribution in [2.75, 3.05) is 20.3 Å². The summed E-state index contributed by atoms with van der Waals surface area (Å²) in [6.45, 7) is 2.95. The third-order valence-corrected chi connectivity index (χ3v) is 6.49. The van der Waals surface area contributed by atoms with Crippen LogP contribution in [0.3, 0.4) is 0 Å². The first-order valence-electron chi connectivity index (χ1n) is 11.0. The Morgan fingerprint density at radius 3 is 2.97 bits per heavy atom. The highest BCUT2D eigenvalue weighted by molar-refractivity contribution is 5.92. The molecule has 166 valence electrons. The maximum Gasteiger partial charge on any atom is 0.316 e. The monoisotopic (exact) mass is 433 g/mol. The molecule has 1 fully saturated rings. The predicted molar refractivity (Wildman–Crippen MR) is 122 cm³/mol. The molecule has 0 saturated carbocycles. The van der Waals surface area contributed by atoms with Gasteiger partial charge in [-0.05, 0) is 42.3 Å². The van der Waals surface area contributed by atoms with E-state index in [1.807, 2.05) is 25.1 Å². The van der Waals surface area contributed by atoms with Gasteiger partial charge < -0.3 is 19.9 Å². The molecule has 2 aliphatic rings. The lowest BCUT2D eigenvalue weighted by molar-refractivity contribution is -0.107. The molecule has 7 nitrogen and oxygen atoms in total. The largest absolute Gasteiger partial charge is 0.494 e. The van der Waals surface area contributed by atoms with Crippen molar-refractivity contribution in [1.82, 2.24) is 9.88 Å². The number of ether oxygens (including phenoxy) is 3. The molecule has 2 atom stereocenters. The highest BCUT2D eigenvalue weighted by atomic mass is 16.5. The van der Waals surface area contributed by atoms with Gasteiger partial charge in [-0.15, -0.1) is 0 Å². The number of primary amides is 1. The van der Waals surface area contributed by atoms with E-state index in [0.717, 1.165) is 45.5 Å². The second-order valence-corrected chi connectivity index (χ2v) is 8.40. The van der Waals surface area contributed by atoms with E-state index in [1.54, 1.807) is 18.2 Å². The summed E-state index contributed by atoms with van der Waals surface area (Å²) >= 11 is 0. The molecule has 2 aromatic carbocycles. The highest BCUT2D eigenvalue weighted by Crippen LogP contribution is 2.45. The Hall–Kier alpha value is -3.32. The summed E-state index contributed by atoms with van der Waals surface area (Å²) in [6.07, 6.45) is 3.48. The molecule has 2 aliphatic heterocycles. The Bertz CT molecular complexity index is 1180. The molecule has 7 heteroatoms. The number of rotatable bonds is 4. The molecule has 0 aliphatic carbocycles. The summed E-state index contributed by atoms with van der Waals surface area (Å²) in [6, 6.07) is 13.9. The number of hydrogen-bond acceptors (Lipinski definition) is 5. The van der Waals surface area contributed by atoms with E-state index in [2.05, 4.69) is 29.2 Å². The number of carbonyl (C=O) groups excluding carboxylic acids is 1. The van der Waals surface area contributed by atoms with Crippen molar-refractivity contribution in [1.29, 1.82) is 0 Å². The Labute approximate surface area is 187 Å². The van der Waals surface area contributed by atoms with Crippen LogP contribution in [0.5, 0.6) is 11.5 Å².